The third-order valence-electron chi connectivity index (χ3n) is 4.65. The maximum atomic E-state index is 13.4. The van der Waals surface area contributed by atoms with Crippen molar-refractivity contribution in [3.63, 3.8) is 0 Å². The van der Waals surface area contributed by atoms with Gasteiger partial charge in [-0.3, -0.25) is 4.99 Å². The van der Waals surface area contributed by atoms with E-state index in [0.29, 0.717) is 24.8 Å². The van der Waals surface area contributed by atoms with Crippen LogP contribution in [0.1, 0.15) is 24.5 Å². The van der Waals surface area contributed by atoms with E-state index >= 15 is 0 Å². The third kappa shape index (κ3) is 8.20. The molecule has 0 radical (unpaired) electrons. The number of guanidine groups is 1. The zero-order valence-corrected chi connectivity index (χ0v) is 20.1. The first-order valence-electron chi connectivity index (χ1n) is 10.1. The number of nitrogens with zero attached hydrogens (tertiary/aromatic N) is 3. The van der Waals surface area contributed by atoms with Crippen molar-refractivity contribution in [3.05, 3.63) is 84.2 Å². The van der Waals surface area contributed by atoms with Crippen molar-refractivity contribution in [3.8, 4) is 5.75 Å². The van der Waals surface area contributed by atoms with Gasteiger partial charge in [0.25, 0.3) is 0 Å². The van der Waals surface area contributed by atoms with Gasteiger partial charge in [0.05, 0.1) is 12.9 Å². The van der Waals surface area contributed by atoms with E-state index in [0.717, 1.165) is 13.0 Å². The molecule has 8 heteroatoms. The van der Waals surface area contributed by atoms with Gasteiger partial charge in [0.2, 0.25) is 0 Å². The average Bonchev–Trinajstić information content (AvgIpc) is 3.26. The van der Waals surface area contributed by atoms with Crippen molar-refractivity contribution in [2.45, 2.75) is 32.5 Å². The molecular weight excluding hydrogens is 508 g/mol. The molecule has 3 aromatic rings. The van der Waals surface area contributed by atoms with Gasteiger partial charge in [0.1, 0.15) is 17.7 Å². The summed E-state index contributed by atoms with van der Waals surface area (Å²) in [4.78, 5) is 8.36. The molecule has 1 atom stereocenters. The van der Waals surface area contributed by atoms with E-state index in [1.54, 1.807) is 25.4 Å². The molecule has 0 bridgehead atoms. The van der Waals surface area contributed by atoms with Gasteiger partial charge in [0.15, 0.2) is 5.96 Å². The van der Waals surface area contributed by atoms with Crippen LogP contribution in [-0.2, 0) is 13.1 Å². The molecule has 166 valence electrons. The lowest BCUT2D eigenvalue weighted by atomic mass is 10.1. The average molecular weight is 537 g/mol. The normalized spacial score (nSPS) is 12.0. The van der Waals surface area contributed by atoms with Gasteiger partial charge in [0, 0.05) is 38.6 Å². The highest BCUT2D eigenvalue weighted by Crippen LogP contribution is 2.14. The Morgan fingerprint density at radius 3 is 2.68 bits per heavy atom. The van der Waals surface area contributed by atoms with E-state index in [4.69, 9.17) is 4.74 Å². The first-order valence-corrected chi connectivity index (χ1v) is 10.1. The van der Waals surface area contributed by atoms with Gasteiger partial charge in [-0.1, -0.05) is 37.3 Å². The minimum absolute atomic E-state index is 0. The highest BCUT2D eigenvalue weighted by Gasteiger charge is 2.10. The Kier molecular flexibility index (Phi) is 10.3. The lowest BCUT2D eigenvalue weighted by Gasteiger charge is -2.20. The first kappa shape index (κ1) is 24.6. The number of aromatic nitrogens is 2. The summed E-state index contributed by atoms with van der Waals surface area (Å²) in [7, 11) is 1.74. The van der Waals surface area contributed by atoms with E-state index in [9.17, 15) is 4.39 Å². The summed E-state index contributed by atoms with van der Waals surface area (Å²) in [6.45, 7) is 4.04. The van der Waals surface area contributed by atoms with Gasteiger partial charge in [-0.05, 0) is 29.7 Å². The van der Waals surface area contributed by atoms with Gasteiger partial charge < -0.3 is 19.9 Å². The highest BCUT2D eigenvalue weighted by molar-refractivity contribution is 14.0. The van der Waals surface area contributed by atoms with E-state index in [1.165, 1.54) is 23.3 Å². The first-order chi connectivity index (χ1) is 14.7. The second-order valence-corrected chi connectivity index (χ2v) is 6.97. The Bertz CT molecular complexity index is 949. The molecule has 0 aliphatic heterocycles. The standard InChI is InChI=1S/C23H28FN5O.HI/c1-3-21(30-22-9-5-8-20(24)13-22)15-28-23(25-2)27-14-18-6-4-7-19(12-18)16-29-11-10-26-17-29;/h4-13,17,21H,3,14-16H2,1-2H3,(H2,25,27,28);1H. The molecular formula is C23H29FIN5O. The second kappa shape index (κ2) is 12.9. The smallest absolute Gasteiger partial charge is 0.191 e. The molecule has 0 saturated heterocycles. The van der Waals surface area contributed by atoms with Crippen LogP contribution >= 0.6 is 24.0 Å². The second-order valence-electron chi connectivity index (χ2n) is 6.97. The van der Waals surface area contributed by atoms with Crippen molar-refractivity contribution < 1.29 is 9.13 Å². The van der Waals surface area contributed by atoms with E-state index in [-0.39, 0.29) is 35.9 Å². The molecule has 0 aliphatic rings. The van der Waals surface area contributed by atoms with E-state index in [1.807, 2.05) is 24.0 Å². The van der Waals surface area contributed by atoms with Crippen molar-refractivity contribution >= 4 is 29.9 Å². The zero-order valence-electron chi connectivity index (χ0n) is 17.8. The maximum Gasteiger partial charge on any atom is 0.191 e. The molecule has 3 rings (SSSR count). The Balaban J connectivity index is 0.00000341. The predicted molar refractivity (Wildman–Crippen MR) is 132 cm³/mol. The number of hydrogen-bond acceptors (Lipinski definition) is 3. The fraction of sp³-hybridized carbons (Fsp3) is 0.304. The summed E-state index contributed by atoms with van der Waals surface area (Å²) in [5.74, 6) is 0.917. The summed E-state index contributed by atoms with van der Waals surface area (Å²) >= 11 is 0. The van der Waals surface area contributed by atoms with Crippen LogP contribution in [0, 0.1) is 5.82 Å². The SMILES string of the molecule is CCC(CNC(=NC)NCc1cccc(Cn2ccnc2)c1)Oc1cccc(F)c1.I. The molecule has 0 fully saturated rings. The molecule has 31 heavy (non-hydrogen) atoms. The van der Waals surface area contributed by atoms with Crippen LogP contribution in [0.3, 0.4) is 0 Å². The molecule has 0 amide bonds. The molecule has 6 nitrogen and oxygen atoms in total. The number of rotatable bonds is 9. The van der Waals surface area contributed by atoms with Crippen molar-refractivity contribution in [1.29, 1.82) is 0 Å². The number of benzene rings is 2. The van der Waals surface area contributed by atoms with E-state index < -0.39 is 0 Å². The summed E-state index contributed by atoms with van der Waals surface area (Å²) < 4.78 is 21.3. The highest BCUT2D eigenvalue weighted by atomic mass is 127. The molecule has 2 aromatic carbocycles. The Morgan fingerprint density at radius 1 is 1.16 bits per heavy atom. The topological polar surface area (TPSA) is 63.5 Å². The quantitative estimate of drug-likeness (QED) is 0.244. The lowest BCUT2D eigenvalue weighted by molar-refractivity contribution is 0.199. The fourth-order valence-corrected chi connectivity index (χ4v) is 3.05. The lowest BCUT2D eigenvalue weighted by Crippen LogP contribution is -2.42. The largest absolute Gasteiger partial charge is 0.489 e. The Labute approximate surface area is 200 Å². The summed E-state index contributed by atoms with van der Waals surface area (Å²) in [5.41, 5.74) is 2.38. The summed E-state index contributed by atoms with van der Waals surface area (Å²) in [5, 5.41) is 6.61. The van der Waals surface area contributed by atoms with E-state index in [2.05, 4.69) is 44.9 Å². The number of ether oxygens (including phenoxy) is 1. The minimum Gasteiger partial charge on any atom is -0.489 e. The summed E-state index contributed by atoms with van der Waals surface area (Å²) in [6, 6.07) is 14.6. The maximum absolute atomic E-state index is 13.4. The molecule has 0 spiro atoms. The molecule has 2 N–H and O–H groups in total. The number of hydrogen-bond donors (Lipinski definition) is 2. The van der Waals surface area contributed by atoms with Crippen molar-refractivity contribution in [2.24, 2.45) is 4.99 Å². The Morgan fingerprint density at radius 2 is 1.97 bits per heavy atom. The zero-order chi connectivity index (χ0) is 21.2. The van der Waals surface area contributed by atoms with Crippen LogP contribution in [0.5, 0.6) is 5.75 Å². The predicted octanol–water partition coefficient (Wildman–Crippen LogP) is 4.21. The molecule has 0 aliphatic carbocycles. The number of imidazole rings is 1. The minimum atomic E-state index is -0.303. The third-order valence-corrected chi connectivity index (χ3v) is 4.65. The molecule has 1 heterocycles. The van der Waals surface area contributed by atoms with Crippen LogP contribution in [0.4, 0.5) is 4.39 Å². The Hall–Kier alpha value is -2.62. The molecule has 0 saturated carbocycles. The van der Waals surface area contributed by atoms with Crippen LogP contribution < -0.4 is 15.4 Å². The summed E-state index contributed by atoms with van der Waals surface area (Å²) in [6.07, 6.45) is 6.24. The van der Waals surface area contributed by atoms with Crippen molar-refractivity contribution in [2.75, 3.05) is 13.6 Å². The van der Waals surface area contributed by atoms with Gasteiger partial charge in [-0.15, -0.1) is 24.0 Å². The molecule has 1 aromatic heterocycles. The van der Waals surface area contributed by atoms with Gasteiger partial charge in [-0.25, -0.2) is 9.37 Å². The molecule has 1 unspecified atom stereocenters. The number of halogens is 2. The van der Waals surface area contributed by atoms with Gasteiger partial charge in [-0.2, -0.15) is 0 Å². The van der Waals surface area contributed by atoms with Crippen LogP contribution in [0.15, 0.2) is 72.2 Å². The van der Waals surface area contributed by atoms with Crippen LogP contribution in [0.25, 0.3) is 0 Å². The number of nitrogens with one attached hydrogen (secondary N) is 2. The van der Waals surface area contributed by atoms with Crippen molar-refractivity contribution in [1.82, 2.24) is 20.2 Å². The number of aliphatic imine (C=N–C) groups is 1. The van der Waals surface area contributed by atoms with Crippen LogP contribution in [-0.4, -0.2) is 35.2 Å². The van der Waals surface area contributed by atoms with Gasteiger partial charge >= 0.3 is 0 Å². The fourth-order valence-electron chi connectivity index (χ4n) is 3.05. The van der Waals surface area contributed by atoms with Crippen LogP contribution in [0.2, 0.25) is 0 Å². The monoisotopic (exact) mass is 537 g/mol.